The Morgan fingerprint density at radius 1 is 0.790 bits per heavy atom. The molecule has 1 aliphatic heterocycles. The Morgan fingerprint density at radius 3 is 2.02 bits per heavy atom. The summed E-state index contributed by atoms with van der Waals surface area (Å²) in [4.78, 5) is 104. The van der Waals surface area contributed by atoms with E-state index in [0.717, 1.165) is 46.9 Å². The Bertz CT molecular complexity index is 2460. The van der Waals surface area contributed by atoms with Gasteiger partial charge in [0.1, 0.15) is 48.2 Å². The standard InChI is InChI=1S/C42H41NO19/c1-14-9-24-30(38(59-18(5)46)27(14)40(53)43-15(2)41(54)56-8)29-22(12-23-31(35(29)52)33(50)21-10-20(55-7)11-25(48)28(21)32(23)49)34(51)36(24)62-42-39(60-19(6)47)37(58-17(4)45)26(61-42)13-57-16(3)44/h9-12,15,26,34,36-37,39,42,48,51-52H,13H2,1-8H3,(H,43,53)/t15-,26+,34+,36+,37+,39-,42+/m1/s1. The molecule has 6 rings (SSSR count). The highest BCUT2D eigenvalue weighted by Crippen LogP contribution is 2.57. The molecule has 0 aromatic heterocycles. The Hall–Kier alpha value is -6.90. The van der Waals surface area contributed by atoms with E-state index in [1.165, 1.54) is 33.1 Å². The Kier molecular flexibility index (Phi) is 12.4. The molecule has 0 saturated carbocycles. The number of carbonyl (C=O) groups is 8. The molecule has 1 saturated heterocycles. The van der Waals surface area contributed by atoms with Crippen molar-refractivity contribution in [3.63, 3.8) is 0 Å². The Morgan fingerprint density at radius 2 is 1.42 bits per heavy atom. The van der Waals surface area contributed by atoms with Gasteiger partial charge < -0.3 is 58.5 Å². The maximum Gasteiger partial charge on any atom is 0.328 e. The second kappa shape index (κ2) is 17.2. The van der Waals surface area contributed by atoms with Gasteiger partial charge in [0.15, 0.2) is 35.8 Å². The number of aromatic hydroxyl groups is 2. The number of hydrogen-bond acceptors (Lipinski definition) is 19. The van der Waals surface area contributed by atoms with Crippen molar-refractivity contribution in [1.82, 2.24) is 5.32 Å². The Labute approximate surface area is 351 Å². The van der Waals surface area contributed by atoms with E-state index in [2.05, 4.69) is 5.32 Å². The number of hydrogen-bond donors (Lipinski definition) is 4. The number of rotatable bonds is 11. The lowest BCUT2D eigenvalue weighted by Crippen LogP contribution is -2.42. The molecule has 4 N–H and O–H groups in total. The number of benzene rings is 3. The van der Waals surface area contributed by atoms with Crippen LogP contribution in [-0.2, 0) is 52.4 Å². The molecule has 3 aromatic carbocycles. The SMILES string of the molecule is COC(=O)[C@@H](C)NC(=O)c1c(C)cc2c(c1OC(C)=O)-c1c(cc3c(c1O)C(=O)c1cc(OC)cc(O)c1C3=O)[C@H](O)[C@H]2O[C@@H]1O[C@@H](COC(C)=O)[C@H](OC(C)=O)[C@H]1OC(C)=O. The molecule has 3 aliphatic rings. The summed E-state index contributed by atoms with van der Waals surface area (Å²) in [7, 11) is 2.36. The lowest BCUT2D eigenvalue weighted by atomic mass is 9.74. The van der Waals surface area contributed by atoms with E-state index in [4.69, 9.17) is 37.9 Å². The molecule has 2 aliphatic carbocycles. The predicted molar refractivity (Wildman–Crippen MR) is 205 cm³/mol. The maximum atomic E-state index is 14.2. The van der Waals surface area contributed by atoms with Gasteiger partial charge in [0, 0.05) is 56.0 Å². The topological polar surface area (TPSA) is 283 Å². The van der Waals surface area contributed by atoms with Crippen LogP contribution in [0.1, 0.15) is 106 Å². The van der Waals surface area contributed by atoms with Crippen LogP contribution in [-0.4, -0.2) is 114 Å². The van der Waals surface area contributed by atoms with E-state index >= 15 is 0 Å². The van der Waals surface area contributed by atoms with E-state index in [1.54, 1.807) is 0 Å². The van der Waals surface area contributed by atoms with Crippen LogP contribution in [0.2, 0.25) is 0 Å². The van der Waals surface area contributed by atoms with Crippen molar-refractivity contribution in [2.45, 2.75) is 84.4 Å². The molecule has 7 atom stereocenters. The fourth-order valence-corrected chi connectivity index (χ4v) is 7.74. The molecule has 0 radical (unpaired) electrons. The molecule has 62 heavy (non-hydrogen) atoms. The second-order valence-corrected chi connectivity index (χ2v) is 14.5. The fourth-order valence-electron chi connectivity index (χ4n) is 7.74. The molecule has 20 heteroatoms. The number of ketones is 2. The minimum Gasteiger partial charge on any atom is -0.507 e. The summed E-state index contributed by atoms with van der Waals surface area (Å²) in [5, 5.41) is 37.9. The molecule has 1 fully saturated rings. The van der Waals surface area contributed by atoms with Gasteiger partial charge in [0.25, 0.3) is 5.91 Å². The summed E-state index contributed by atoms with van der Waals surface area (Å²) < 4.78 is 44.1. The summed E-state index contributed by atoms with van der Waals surface area (Å²) in [5.41, 5.74) is -3.32. The fraction of sp³-hybridized carbons (Fsp3) is 0.381. The van der Waals surface area contributed by atoms with E-state index in [0.29, 0.717) is 0 Å². The lowest BCUT2D eigenvalue weighted by Gasteiger charge is -2.37. The summed E-state index contributed by atoms with van der Waals surface area (Å²) in [5.74, 6) is -9.28. The van der Waals surface area contributed by atoms with Crippen molar-refractivity contribution >= 4 is 47.3 Å². The molecule has 0 unspecified atom stereocenters. The highest BCUT2D eigenvalue weighted by molar-refractivity contribution is 6.31. The number of phenolic OH excluding ortho intramolecular Hbond substituents is 2. The largest absolute Gasteiger partial charge is 0.507 e. The average molecular weight is 864 g/mol. The third-order valence-electron chi connectivity index (χ3n) is 10.3. The molecule has 0 bridgehead atoms. The molecule has 1 heterocycles. The van der Waals surface area contributed by atoms with E-state index < -0.39 is 136 Å². The smallest absolute Gasteiger partial charge is 0.328 e. The number of aryl methyl sites for hydroxylation is 1. The van der Waals surface area contributed by atoms with Crippen LogP contribution >= 0.6 is 0 Å². The van der Waals surface area contributed by atoms with Crippen LogP contribution in [0.5, 0.6) is 23.0 Å². The molecule has 3 aromatic rings. The normalized spacial score (nSPS) is 21.2. The van der Waals surface area contributed by atoms with Crippen molar-refractivity contribution in [2.24, 2.45) is 0 Å². The number of aliphatic hydroxyl groups excluding tert-OH is 1. The quantitative estimate of drug-likeness (QED) is 0.0956. The van der Waals surface area contributed by atoms with Gasteiger partial charge >= 0.3 is 29.8 Å². The van der Waals surface area contributed by atoms with Gasteiger partial charge in [-0.25, -0.2) is 4.79 Å². The van der Waals surface area contributed by atoms with Gasteiger partial charge in [0.2, 0.25) is 0 Å². The molecule has 0 spiro atoms. The summed E-state index contributed by atoms with van der Waals surface area (Å²) in [6.45, 7) is 6.43. The van der Waals surface area contributed by atoms with E-state index in [-0.39, 0.29) is 39.1 Å². The monoisotopic (exact) mass is 863 g/mol. The first-order valence-electron chi connectivity index (χ1n) is 18.8. The van der Waals surface area contributed by atoms with Crippen molar-refractivity contribution < 1.29 is 91.6 Å². The first kappa shape index (κ1) is 44.6. The molecular weight excluding hydrogens is 822 g/mol. The number of esters is 5. The van der Waals surface area contributed by atoms with Crippen LogP contribution in [0.15, 0.2) is 24.3 Å². The van der Waals surface area contributed by atoms with Gasteiger partial charge in [0.05, 0.1) is 30.9 Å². The number of aliphatic hydroxyl groups is 1. The number of ether oxygens (including phenoxy) is 8. The van der Waals surface area contributed by atoms with Gasteiger partial charge in [-0.1, -0.05) is 6.07 Å². The number of phenols is 2. The molecule has 328 valence electrons. The molecule has 1 amide bonds. The molecular formula is C42H41NO19. The first-order valence-corrected chi connectivity index (χ1v) is 18.8. The van der Waals surface area contributed by atoms with Crippen molar-refractivity contribution in [1.29, 1.82) is 0 Å². The van der Waals surface area contributed by atoms with Crippen LogP contribution in [0.3, 0.4) is 0 Å². The number of fused-ring (bicyclic) bond motifs is 5. The van der Waals surface area contributed by atoms with Crippen LogP contribution < -0.4 is 14.8 Å². The van der Waals surface area contributed by atoms with Crippen molar-refractivity contribution in [2.75, 3.05) is 20.8 Å². The van der Waals surface area contributed by atoms with Crippen molar-refractivity contribution in [3.05, 3.63) is 68.8 Å². The number of amides is 1. The third kappa shape index (κ3) is 8.02. The van der Waals surface area contributed by atoms with Crippen LogP contribution in [0.25, 0.3) is 11.1 Å². The average Bonchev–Trinajstić information content (AvgIpc) is 3.49. The number of methoxy groups -OCH3 is 2. The lowest BCUT2D eigenvalue weighted by molar-refractivity contribution is -0.223. The Balaban J connectivity index is 1.63. The predicted octanol–water partition coefficient (Wildman–Crippen LogP) is 2.33. The maximum absolute atomic E-state index is 14.2. The van der Waals surface area contributed by atoms with Crippen LogP contribution in [0.4, 0.5) is 0 Å². The zero-order chi connectivity index (χ0) is 45.6. The zero-order valence-corrected chi connectivity index (χ0v) is 34.4. The second-order valence-electron chi connectivity index (χ2n) is 14.5. The highest BCUT2D eigenvalue weighted by Gasteiger charge is 2.53. The molecule has 20 nitrogen and oxygen atoms in total. The van der Waals surface area contributed by atoms with E-state index in [9.17, 15) is 53.7 Å². The van der Waals surface area contributed by atoms with Gasteiger partial charge in [-0.2, -0.15) is 0 Å². The minimum atomic E-state index is -1.95. The van der Waals surface area contributed by atoms with Crippen LogP contribution in [0, 0.1) is 6.92 Å². The van der Waals surface area contributed by atoms with Gasteiger partial charge in [-0.3, -0.25) is 33.6 Å². The zero-order valence-electron chi connectivity index (χ0n) is 34.4. The minimum absolute atomic E-state index is 0.000686. The highest BCUT2D eigenvalue weighted by atomic mass is 16.7. The first-order chi connectivity index (χ1) is 29.2. The summed E-state index contributed by atoms with van der Waals surface area (Å²) in [6.07, 6.45) is -9.76. The number of nitrogens with one attached hydrogen (secondary N) is 1. The van der Waals surface area contributed by atoms with E-state index in [1.807, 2.05) is 0 Å². The summed E-state index contributed by atoms with van der Waals surface area (Å²) >= 11 is 0. The van der Waals surface area contributed by atoms with Gasteiger partial charge in [-0.05, 0) is 42.7 Å². The third-order valence-corrected chi connectivity index (χ3v) is 10.3. The summed E-state index contributed by atoms with van der Waals surface area (Å²) in [6, 6.07) is 3.42. The van der Waals surface area contributed by atoms with Crippen molar-refractivity contribution in [3.8, 4) is 34.1 Å². The number of carbonyl (C=O) groups excluding carboxylic acids is 8. The van der Waals surface area contributed by atoms with Gasteiger partial charge in [-0.15, -0.1) is 0 Å².